The Labute approximate surface area is 105 Å². The van der Waals surface area contributed by atoms with Crippen molar-refractivity contribution in [2.45, 2.75) is 25.4 Å². The van der Waals surface area contributed by atoms with Gasteiger partial charge in [0.25, 0.3) is 0 Å². The van der Waals surface area contributed by atoms with Crippen LogP contribution in [0.2, 0.25) is 0 Å². The lowest BCUT2D eigenvalue weighted by atomic mass is 10.4. The van der Waals surface area contributed by atoms with Crippen molar-refractivity contribution in [1.29, 1.82) is 0 Å². The van der Waals surface area contributed by atoms with Crippen LogP contribution in [0.4, 0.5) is 5.13 Å². The van der Waals surface area contributed by atoms with Gasteiger partial charge in [-0.25, -0.2) is 0 Å². The summed E-state index contributed by atoms with van der Waals surface area (Å²) < 4.78 is 6.20. The summed E-state index contributed by atoms with van der Waals surface area (Å²) in [5.41, 5.74) is 0. The molecule has 2 heterocycles. The standard InChI is InChI=1S/C10H10BrN3OS/c11-9-12-13-10(16-9)14(7-3-4-7)6-8-2-1-5-15-8/h1-2,5,7H,3-4,6H2. The van der Waals surface area contributed by atoms with Crippen LogP contribution in [-0.2, 0) is 6.54 Å². The van der Waals surface area contributed by atoms with Gasteiger partial charge in [-0.15, -0.1) is 10.2 Å². The second-order valence-corrected chi connectivity index (χ2v) is 6.01. The zero-order chi connectivity index (χ0) is 11.0. The third kappa shape index (κ3) is 2.12. The van der Waals surface area contributed by atoms with Crippen molar-refractivity contribution >= 4 is 32.4 Å². The van der Waals surface area contributed by atoms with Gasteiger partial charge in [-0.1, -0.05) is 11.3 Å². The fourth-order valence-electron chi connectivity index (χ4n) is 1.62. The van der Waals surface area contributed by atoms with Crippen LogP contribution in [0, 0.1) is 0 Å². The third-order valence-electron chi connectivity index (χ3n) is 2.53. The summed E-state index contributed by atoms with van der Waals surface area (Å²) in [6.07, 6.45) is 4.17. The molecule has 0 radical (unpaired) electrons. The molecule has 0 amide bonds. The van der Waals surface area contributed by atoms with E-state index in [1.54, 1.807) is 17.6 Å². The molecule has 0 spiro atoms. The lowest BCUT2D eigenvalue weighted by Gasteiger charge is -2.19. The molecule has 0 bridgehead atoms. The Balaban J connectivity index is 1.81. The molecule has 2 aromatic rings. The summed E-state index contributed by atoms with van der Waals surface area (Å²) in [6, 6.07) is 4.51. The Morgan fingerprint density at radius 2 is 2.38 bits per heavy atom. The third-order valence-corrected chi connectivity index (χ3v) is 3.92. The predicted octanol–water partition coefficient (Wildman–Crippen LogP) is 3.06. The van der Waals surface area contributed by atoms with E-state index in [-0.39, 0.29) is 0 Å². The SMILES string of the molecule is Brc1nnc(N(Cc2ccco2)C2CC2)s1. The van der Waals surface area contributed by atoms with Gasteiger partial charge < -0.3 is 9.32 Å². The molecular weight excluding hydrogens is 290 g/mol. The van der Waals surface area contributed by atoms with Crippen LogP contribution in [0.25, 0.3) is 0 Å². The summed E-state index contributed by atoms with van der Waals surface area (Å²) in [7, 11) is 0. The van der Waals surface area contributed by atoms with E-state index >= 15 is 0 Å². The molecule has 0 saturated heterocycles. The Bertz CT molecular complexity index is 466. The molecule has 1 fully saturated rings. The molecule has 16 heavy (non-hydrogen) atoms. The average molecular weight is 300 g/mol. The van der Waals surface area contributed by atoms with Crippen molar-refractivity contribution in [1.82, 2.24) is 10.2 Å². The summed E-state index contributed by atoms with van der Waals surface area (Å²) in [5, 5.41) is 9.12. The topological polar surface area (TPSA) is 42.2 Å². The second kappa shape index (κ2) is 4.18. The lowest BCUT2D eigenvalue weighted by molar-refractivity contribution is 0.500. The first-order valence-electron chi connectivity index (χ1n) is 5.11. The molecule has 0 aromatic carbocycles. The van der Waals surface area contributed by atoms with Crippen LogP contribution in [0.1, 0.15) is 18.6 Å². The number of furan rings is 1. The maximum atomic E-state index is 5.37. The first-order chi connectivity index (χ1) is 7.83. The van der Waals surface area contributed by atoms with Crippen molar-refractivity contribution in [3.05, 3.63) is 28.1 Å². The number of nitrogens with zero attached hydrogens (tertiary/aromatic N) is 3. The van der Waals surface area contributed by atoms with E-state index in [4.69, 9.17) is 4.42 Å². The van der Waals surface area contributed by atoms with Crippen LogP contribution in [0.15, 0.2) is 26.7 Å². The summed E-state index contributed by atoms with van der Waals surface area (Å²) in [4.78, 5) is 2.27. The molecule has 0 aliphatic heterocycles. The van der Waals surface area contributed by atoms with Crippen LogP contribution in [0.5, 0.6) is 0 Å². The van der Waals surface area contributed by atoms with Gasteiger partial charge in [0.1, 0.15) is 5.76 Å². The Morgan fingerprint density at radius 1 is 1.50 bits per heavy atom. The van der Waals surface area contributed by atoms with E-state index in [1.807, 2.05) is 12.1 Å². The Morgan fingerprint density at radius 3 is 2.94 bits per heavy atom. The molecule has 0 N–H and O–H groups in total. The molecule has 3 rings (SSSR count). The minimum Gasteiger partial charge on any atom is -0.467 e. The van der Waals surface area contributed by atoms with Crippen LogP contribution in [-0.4, -0.2) is 16.2 Å². The van der Waals surface area contributed by atoms with Crippen molar-refractivity contribution < 1.29 is 4.42 Å². The van der Waals surface area contributed by atoms with Gasteiger partial charge in [-0.2, -0.15) is 0 Å². The fourth-order valence-corrected chi connectivity index (χ4v) is 2.78. The largest absolute Gasteiger partial charge is 0.467 e. The molecule has 84 valence electrons. The number of aromatic nitrogens is 2. The van der Waals surface area contributed by atoms with Gasteiger partial charge in [0.15, 0.2) is 3.92 Å². The lowest BCUT2D eigenvalue weighted by Crippen LogP contribution is -2.24. The molecular formula is C10H10BrN3OS. The van der Waals surface area contributed by atoms with Crippen molar-refractivity contribution in [3.63, 3.8) is 0 Å². The Kier molecular flexibility index (Phi) is 2.69. The molecule has 2 aromatic heterocycles. The first-order valence-corrected chi connectivity index (χ1v) is 6.72. The van der Waals surface area contributed by atoms with Crippen molar-refractivity contribution in [3.8, 4) is 0 Å². The van der Waals surface area contributed by atoms with E-state index in [0.717, 1.165) is 21.4 Å². The van der Waals surface area contributed by atoms with Crippen LogP contribution >= 0.6 is 27.3 Å². The Hall–Kier alpha value is -0.880. The van der Waals surface area contributed by atoms with E-state index in [2.05, 4.69) is 31.0 Å². The molecule has 1 saturated carbocycles. The fraction of sp³-hybridized carbons (Fsp3) is 0.400. The van der Waals surface area contributed by atoms with Crippen LogP contribution < -0.4 is 4.90 Å². The van der Waals surface area contributed by atoms with Gasteiger partial charge >= 0.3 is 0 Å². The zero-order valence-electron chi connectivity index (χ0n) is 8.47. The highest BCUT2D eigenvalue weighted by Gasteiger charge is 2.31. The maximum Gasteiger partial charge on any atom is 0.209 e. The molecule has 0 unspecified atom stereocenters. The highest BCUT2D eigenvalue weighted by atomic mass is 79.9. The van der Waals surface area contributed by atoms with Gasteiger partial charge in [0, 0.05) is 6.04 Å². The number of hydrogen-bond donors (Lipinski definition) is 0. The number of rotatable bonds is 4. The van der Waals surface area contributed by atoms with Crippen LogP contribution in [0.3, 0.4) is 0 Å². The quantitative estimate of drug-likeness (QED) is 0.870. The van der Waals surface area contributed by atoms with Gasteiger partial charge in [0.2, 0.25) is 5.13 Å². The minimum atomic E-state index is 0.602. The summed E-state index contributed by atoms with van der Waals surface area (Å²) >= 11 is 4.91. The molecule has 0 atom stereocenters. The van der Waals surface area contributed by atoms with Crippen molar-refractivity contribution in [2.24, 2.45) is 0 Å². The number of hydrogen-bond acceptors (Lipinski definition) is 5. The zero-order valence-corrected chi connectivity index (χ0v) is 10.9. The molecule has 4 nitrogen and oxygen atoms in total. The molecule has 1 aliphatic carbocycles. The van der Waals surface area contributed by atoms with Gasteiger partial charge in [-0.3, -0.25) is 0 Å². The van der Waals surface area contributed by atoms with E-state index in [1.165, 1.54) is 12.8 Å². The van der Waals surface area contributed by atoms with Gasteiger partial charge in [-0.05, 0) is 40.9 Å². The summed E-state index contributed by atoms with van der Waals surface area (Å²) in [5.74, 6) is 0.971. The number of halogens is 1. The number of anilines is 1. The first kappa shape index (κ1) is 10.3. The highest BCUT2D eigenvalue weighted by Crippen LogP contribution is 2.35. The average Bonchev–Trinajstić information content (AvgIpc) is 2.81. The molecule has 1 aliphatic rings. The van der Waals surface area contributed by atoms with Gasteiger partial charge in [0.05, 0.1) is 12.8 Å². The molecule has 6 heteroatoms. The van der Waals surface area contributed by atoms with E-state index in [0.29, 0.717) is 6.04 Å². The maximum absolute atomic E-state index is 5.37. The normalized spacial score (nSPS) is 15.3. The minimum absolute atomic E-state index is 0.602. The smallest absolute Gasteiger partial charge is 0.209 e. The second-order valence-electron chi connectivity index (χ2n) is 3.78. The summed E-state index contributed by atoms with van der Waals surface area (Å²) in [6.45, 7) is 0.777. The monoisotopic (exact) mass is 299 g/mol. The highest BCUT2D eigenvalue weighted by molar-refractivity contribution is 9.11. The van der Waals surface area contributed by atoms with E-state index in [9.17, 15) is 0 Å². The van der Waals surface area contributed by atoms with Crippen molar-refractivity contribution in [2.75, 3.05) is 4.90 Å². The predicted molar refractivity (Wildman–Crippen MR) is 65.5 cm³/mol. The van der Waals surface area contributed by atoms with E-state index < -0.39 is 0 Å².